The Morgan fingerprint density at radius 3 is 2.59 bits per heavy atom. The van der Waals surface area contributed by atoms with E-state index in [0.717, 1.165) is 5.69 Å². The number of carbonyl (C=O) groups is 1. The SMILES string of the molecule is C=CCNC(=O)c1cnc(Nc2ccccc2C(C)C)nc1. The minimum Gasteiger partial charge on any atom is -0.348 e. The van der Waals surface area contributed by atoms with Gasteiger partial charge in [0.1, 0.15) is 0 Å². The fourth-order valence-electron chi connectivity index (χ4n) is 2.01. The van der Waals surface area contributed by atoms with Gasteiger partial charge in [-0.15, -0.1) is 6.58 Å². The van der Waals surface area contributed by atoms with Crippen molar-refractivity contribution < 1.29 is 4.79 Å². The molecule has 0 fully saturated rings. The molecule has 0 unspecified atom stereocenters. The molecule has 2 N–H and O–H groups in total. The molecule has 5 nitrogen and oxygen atoms in total. The highest BCUT2D eigenvalue weighted by atomic mass is 16.1. The van der Waals surface area contributed by atoms with Crippen LogP contribution in [-0.2, 0) is 0 Å². The number of benzene rings is 1. The monoisotopic (exact) mass is 296 g/mol. The Kier molecular flexibility index (Phi) is 5.25. The summed E-state index contributed by atoms with van der Waals surface area (Å²) < 4.78 is 0. The van der Waals surface area contributed by atoms with Gasteiger partial charge in [0.2, 0.25) is 5.95 Å². The van der Waals surface area contributed by atoms with E-state index in [9.17, 15) is 4.79 Å². The standard InChI is InChI=1S/C17H20N4O/c1-4-9-18-16(22)13-10-19-17(20-11-13)21-15-8-6-5-7-14(15)12(2)3/h4-8,10-12H,1,9H2,2-3H3,(H,18,22)(H,19,20,21). The molecule has 0 aliphatic heterocycles. The molecule has 0 atom stereocenters. The van der Waals surface area contributed by atoms with E-state index in [-0.39, 0.29) is 5.91 Å². The van der Waals surface area contributed by atoms with Crippen molar-refractivity contribution in [3.05, 3.63) is 60.4 Å². The number of amides is 1. The van der Waals surface area contributed by atoms with Gasteiger partial charge in [-0.2, -0.15) is 0 Å². The molecule has 0 aliphatic carbocycles. The summed E-state index contributed by atoms with van der Waals surface area (Å²) in [5.74, 6) is 0.648. The van der Waals surface area contributed by atoms with Gasteiger partial charge >= 0.3 is 0 Å². The molecular formula is C17H20N4O. The lowest BCUT2D eigenvalue weighted by molar-refractivity contribution is 0.0957. The summed E-state index contributed by atoms with van der Waals surface area (Å²) in [4.78, 5) is 20.1. The maximum absolute atomic E-state index is 11.8. The molecule has 2 rings (SSSR count). The molecule has 0 aliphatic rings. The van der Waals surface area contributed by atoms with Crippen molar-refractivity contribution in [3.8, 4) is 0 Å². The molecule has 1 aromatic carbocycles. The molecule has 1 amide bonds. The lowest BCUT2D eigenvalue weighted by Crippen LogP contribution is -2.23. The predicted octanol–water partition coefficient (Wildman–Crippen LogP) is 3.26. The van der Waals surface area contributed by atoms with E-state index in [0.29, 0.717) is 24.0 Å². The third-order valence-corrected chi connectivity index (χ3v) is 3.15. The van der Waals surface area contributed by atoms with Crippen molar-refractivity contribution in [1.29, 1.82) is 0 Å². The Bertz CT molecular complexity index is 650. The minimum atomic E-state index is -0.214. The van der Waals surface area contributed by atoms with Crippen LogP contribution < -0.4 is 10.6 Å². The van der Waals surface area contributed by atoms with Crippen LogP contribution in [0, 0.1) is 0 Å². The van der Waals surface area contributed by atoms with Gasteiger partial charge in [-0.05, 0) is 17.5 Å². The number of hydrogen-bond acceptors (Lipinski definition) is 4. The minimum absolute atomic E-state index is 0.214. The van der Waals surface area contributed by atoms with E-state index in [4.69, 9.17) is 0 Å². The molecule has 114 valence electrons. The van der Waals surface area contributed by atoms with Crippen LogP contribution in [0.2, 0.25) is 0 Å². The van der Waals surface area contributed by atoms with Gasteiger partial charge < -0.3 is 10.6 Å². The van der Waals surface area contributed by atoms with Crippen LogP contribution >= 0.6 is 0 Å². The van der Waals surface area contributed by atoms with Crippen LogP contribution in [0.25, 0.3) is 0 Å². The van der Waals surface area contributed by atoms with Gasteiger partial charge in [0, 0.05) is 24.6 Å². The van der Waals surface area contributed by atoms with Gasteiger partial charge in [-0.25, -0.2) is 9.97 Å². The largest absolute Gasteiger partial charge is 0.348 e. The second kappa shape index (κ2) is 7.36. The van der Waals surface area contributed by atoms with Gasteiger partial charge in [-0.3, -0.25) is 4.79 Å². The fourth-order valence-corrected chi connectivity index (χ4v) is 2.01. The first kappa shape index (κ1) is 15.7. The quantitative estimate of drug-likeness (QED) is 0.803. The maximum atomic E-state index is 11.8. The zero-order valence-electron chi connectivity index (χ0n) is 12.8. The summed E-state index contributed by atoms with van der Waals surface area (Å²) in [5, 5.41) is 5.88. The first-order chi connectivity index (χ1) is 10.6. The molecular weight excluding hydrogens is 276 g/mol. The van der Waals surface area contributed by atoms with Crippen molar-refractivity contribution in [3.63, 3.8) is 0 Å². The molecule has 5 heteroatoms. The molecule has 0 radical (unpaired) electrons. The lowest BCUT2D eigenvalue weighted by atomic mass is 10.0. The second-order valence-corrected chi connectivity index (χ2v) is 5.16. The van der Waals surface area contributed by atoms with Crippen LogP contribution in [0.5, 0.6) is 0 Å². The molecule has 0 saturated carbocycles. The van der Waals surface area contributed by atoms with E-state index >= 15 is 0 Å². The Labute approximate surface area is 130 Å². The van der Waals surface area contributed by atoms with Crippen LogP contribution in [-0.4, -0.2) is 22.4 Å². The summed E-state index contributed by atoms with van der Waals surface area (Å²) in [6, 6.07) is 8.03. The Morgan fingerprint density at radius 2 is 1.95 bits per heavy atom. The third-order valence-electron chi connectivity index (χ3n) is 3.15. The number of aromatic nitrogens is 2. The van der Waals surface area contributed by atoms with Gasteiger partial charge in [0.15, 0.2) is 0 Å². The maximum Gasteiger partial charge on any atom is 0.254 e. The van der Waals surface area contributed by atoms with E-state index in [2.05, 4.69) is 47.1 Å². The van der Waals surface area contributed by atoms with Crippen LogP contribution in [0.1, 0.15) is 35.7 Å². The number of hydrogen-bond donors (Lipinski definition) is 2. The van der Waals surface area contributed by atoms with E-state index in [1.807, 2.05) is 18.2 Å². The first-order valence-electron chi connectivity index (χ1n) is 7.19. The molecule has 0 spiro atoms. The van der Waals surface area contributed by atoms with Crippen molar-refractivity contribution >= 4 is 17.5 Å². The average Bonchev–Trinajstić information content (AvgIpc) is 2.53. The summed E-state index contributed by atoms with van der Waals surface area (Å²) in [6.07, 6.45) is 4.63. The molecule has 2 aromatic rings. The van der Waals surface area contributed by atoms with Crippen LogP contribution in [0.15, 0.2) is 49.3 Å². The lowest BCUT2D eigenvalue weighted by Gasteiger charge is -2.13. The number of para-hydroxylation sites is 1. The van der Waals surface area contributed by atoms with Gasteiger partial charge in [0.05, 0.1) is 5.56 Å². The Hall–Kier alpha value is -2.69. The number of carbonyl (C=O) groups excluding carboxylic acids is 1. The van der Waals surface area contributed by atoms with Crippen molar-refractivity contribution in [2.45, 2.75) is 19.8 Å². The molecule has 0 saturated heterocycles. The van der Waals surface area contributed by atoms with Crippen LogP contribution in [0.4, 0.5) is 11.6 Å². The second-order valence-electron chi connectivity index (χ2n) is 5.16. The highest BCUT2D eigenvalue weighted by Gasteiger charge is 2.09. The fraction of sp³-hybridized carbons (Fsp3) is 0.235. The first-order valence-corrected chi connectivity index (χ1v) is 7.19. The Balaban J connectivity index is 2.12. The molecule has 1 heterocycles. The molecule has 0 bridgehead atoms. The summed E-state index contributed by atoms with van der Waals surface area (Å²) >= 11 is 0. The van der Waals surface area contributed by atoms with Crippen LogP contribution in [0.3, 0.4) is 0 Å². The zero-order valence-corrected chi connectivity index (χ0v) is 12.8. The molecule has 22 heavy (non-hydrogen) atoms. The predicted molar refractivity (Wildman–Crippen MR) is 88.4 cm³/mol. The summed E-state index contributed by atoms with van der Waals surface area (Å²) in [5.41, 5.74) is 2.59. The van der Waals surface area contributed by atoms with Crippen molar-refractivity contribution in [1.82, 2.24) is 15.3 Å². The summed E-state index contributed by atoms with van der Waals surface area (Å²) in [6.45, 7) is 8.24. The normalized spacial score (nSPS) is 10.3. The van der Waals surface area contributed by atoms with Crippen molar-refractivity contribution in [2.75, 3.05) is 11.9 Å². The highest BCUT2D eigenvalue weighted by molar-refractivity contribution is 5.93. The van der Waals surface area contributed by atoms with E-state index < -0.39 is 0 Å². The highest BCUT2D eigenvalue weighted by Crippen LogP contribution is 2.25. The van der Waals surface area contributed by atoms with Gasteiger partial charge in [-0.1, -0.05) is 38.1 Å². The number of anilines is 2. The third kappa shape index (κ3) is 3.91. The van der Waals surface area contributed by atoms with Gasteiger partial charge in [0.25, 0.3) is 5.91 Å². The van der Waals surface area contributed by atoms with Crippen molar-refractivity contribution in [2.24, 2.45) is 0 Å². The summed E-state index contributed by atoms with van der Waals surface area (Å²) in [7, 11) is 0. The topological polar surface area (TPSA) is 66.9 Å². The smallest absolute Gasteiger partial charge is 0.254 e. The zero-order chi connectivity index (χ0) is 15.9. The molecule has 1 aromatic heterocycles. The van der Waals surface area contributed by atoms with E-state index in [1.54, 1.807) is 6.08 Å². The number of nitrogens with zero attached hydrogens (tertiary/aromatic N) is 2. The van der Waals surface area contributed by atoms with E-state index in [1.165, 1.54) is 18.0 Å². The average molecular weight is 296 g/mol. The number of rotatable bonds is 6. The Morgan fingerprint density at radius 1 is 1.27 bits per heavy atom. The number of nitrogens with one attached hydrogen (secondary N) is 2.